The van der Waals surface area contributed by atoms with Crippen molar-refractivity contribution in [1.29, 1.82) is 0 Å². The van der Waals surface area contributed by atoms with E-state index in [0.717, 1.165) is 11.3 Å². The van der Waals surface area contributed by atoms with Gasteiger partial charge >= 0.3 is 7.82 Å². The molecule has 2 rings (SSSR count). The summed E-state index contributed by atoms with van der Waals surface area (Å²) in [5.74, 6) is 0.779. The third-order valence-corrected chi connectivity index (χ3v) is 5.11. The van der Waals surface area contributed by atoms with E-state index in [4.69, 9.17) is 32.5 Å². The molecule has 1 fully saturated rings. The van der Waals surface area contributed by atoms with Crippen molar-refractivity contribution >= 4 is 7.82 Å². The maximum Gasteiger partial charge on any atom is 0.474 e. The van der Waals surface area contributed by atoms with Crippen molar-refractivity contribution in [2.24, 2.45) is 0 Å². The van der Waals surface area contributed by atoms with Gasteiger partial charge in [-0.3, -0.25) is 13.6 Å². The van der Waals surface area contributed by atoms with Crippen LogP contribution in [-0.4, -0.2) is 52.9 Å². The minimum absolute atomic E-state index is 0.0906. The van der Waals surface area contributed by atoms with Crippen molar-refractivity contribution in [1.82, 2.24) is 0 Å². The van der Waals surface area contributed by atoms with Crippen LogP contribution in [0.3, 0.4) is 0 Å². The number of hydrogen-bond acceptors (Lipinski definition) is 8. The minimum atomic E-state index is -3.52. The summed E-state index contributed by atoms with van der Waals surface area (Å²) in [6.45, 7) is 8.61. The summed E-state index contributed by atoms with van der Waals surface area (Å²) in [6, 6.07) is 7.52. The fourth-order valence-electron chi connectivity index (χ4n) is 2.28. The molecule has 3 atom stereocenters. The number of ether oxygens (including phenoxy) is 4. The van der Waals surface area contributed by atoms with Crippen molar-refractivity contribution in [3.63, 3.8) is 0 Å². The van der Waals surface area contributed by atoms with Crippen molar-refractivity contribution < 1.29 is 37.1 Å². The molecule has 0 aliphatic carbocycles. The first-order valence-electron chi connectivity index (χ1n) is 9.43. The average Bonchev–Trinajstić information content (AvgIpc) is 3.18. The number of phosphoric ester groups is 1. The molecule has 0 saturated carbocycles. The molecule has 162 valence electrons. The second kappa shape index (κ2) is 13.3. The topological polar surface area (TPSA) is 81.7 Å². The van der Waals surface area contributed by atoms with Crippen molar-refractivity contribution in [2.45, 2.75) is 46.2 Å². The minimum Gasteiger partial charge on any atom is -0.497 e. The molecule has 0 radical (unpaired) electrons. The second-order valence-corrected chi connectivity index (χ2v) is 7.62. The molecular formula is C19H33O8P. The molecular weight excluding hydrogens is 387 g/mol. The predicted octanol–water partition coefficient (Wildman–Crippen LogP) is 4.35. The Hall–Kier alpha value is -0.990. The summed E-state index contributed by atoms with van der Waals surface area (Å²) in [5, 5.41) is 0. The highest BCUT2D eigenvalue weighted by molar-refractivity contribution is 7.48. The van der Waals surface area contributed by atoms with Crippen LogP contribution in [0.5, 0.6) is 5.75 Å². The van der Waals surface area contributed by atoms with Gasteiger partial charge in [0.25, 0.3) is 0 Å². The van der Waals surface area contributed by atoms with Crippen molar-refractivity contribution in [3.05, 3.63) is 29.8 Å². The van der Waals surface area contributed by atoms with E-state index in [1.54, 1.807) is 21.0 Å². The van der Waals surface area contributed by atoms with Gasteiger partial charge in [-0.1, -0.05) is 26.0 Å². The molecule has 1 aromatic carbocycles. The van der Waals surface area contributed by atoms with Gasteiger partial charge in [-0.25, -0.2) is 4.57 Å². The number of hydrogen-bond donors (Lipinski definition) is 0. The molecule has 1 aromatic rings. The Morgan fingerprint density at radius 2 is 1.82 bits per heavy atom. The summed E-state index contributed by atoms with van der Waals surface area (Å²) in [4.78, 5) is 0. The fraction of sp³-hybridized carbons (Fsp3) is 0.684. The van der Waals surface area contributed by atoms with Crippen LogP contribution in [0.4, 0.5) is 0 Å². The quantitative estimate of drug-likeness (QED) is 0.386. The second-order valence-electron chi connectivity index (χ2n) is 5.89. The number of rotatable bonds is 11. The standard InChI is InChI=1S/C17H27O8P.C2H6/c1-13(2)25-26(18,20-4)23-10-9-21-11-16-12-22-17(24-16)14-5-7-15(19-3)8-6-14;1-2/h5-8,13,16-17H,9-12H2,1-4H3;1-2H3. The van der Waals surface area contributed by atoms with Crippen LogP contribution < -0.4 is 4.74 Å². The lowest BCUT2D eigenvalue weighted by Crippen LogP contribution is -2.19. The Morgan fingerprint density at radius 3 is 2.39 bits per heavy atom. The molecule has 1 aliphatic rings. The molecule has 28 heavy (non-hydrogen) atoms. The zero-order chi connectivity index (χ0) is 21.0. The Morgan fingerprint density at radius 1 is 1.14 bits per heavy atom. The highest BCUT2D eigenvalue weighted by Gasteiger charge is 2.28. The Labute approximate surface area is 168 Å². The van der Waals surface area contributed by atoms with Gasteiger partial charge in [0.05, 0.1) is 39.6 Å². The van der Waals surface area contributed by atoms with Gasteiger partial charge in [0.2, 0.25) is 0 Å². The van der Waals surface area contributed by atoms with Crippen LogP contribution in [0.25, 0.3) is 0 Å². The van der Waals surface area contributed by atoms with Crippen LogP contribution in [0, 0.1) is 0 Å². The first kappa shape index (κ1) is 25.0. The van der Waals surface area contributed by atoms with E-state index in [-0.39, 0.29) is 25.4 Å². The number of methoxy groups -OCH3 is 1. The maximum absolute atomic E-state index is 12.1. The maximum atomic E-state index is 12.1. The molecule has 1 heterocycles. The van der Waals surface area contributed by atoms with E-state index in [2.05, 4.69) is 0 Å². The third-order valence-electron chi connectivity index (χ3n) is 3.48. The van der Waals surface area contributed by atoms with Gasteiger partial charge in [0, 0.05) is 12.7 Å². The van der Waals surface area contributed by atoms with Crippen molar-refractivity contribution in [3.8, 4) is 5.75 Å². The van der Waals surface area contributed by atoms with E-state index >= 15 is 0 Å². The van der Waals surface area contributed by atoms with E-state index < -0.39 is 14.1 Å². The first-order chi connectivity index (χ1) is 13.5. The predicted molar refractivity (Wildman–Crippen MR) is 106 cm³/mol. The van der Waals surface area contributed by atoms with Crippen LogP contribution in [0.15, 0.2) is 24.3 Å². The summed E-state index contributed by atoms with van der Waals surface area (Å²) in [5.41, 5.74) is 0.920. The molecule has 9 heteroatoms. The molecule has 3 unspecified atom stereocenters. The largest absolute Gasteiger partial charge is 0.497 e. The van der Waals surface area contributed by atoms with Gasteiger partial charge in [-0.05, 0) is 26.0 Å². The normalized spacial score (nSPS) is 21.1. The lowest BCUT2D eigenvalue weighted by atomic mass is 10.2. The van der Waals surface area contributed by atoms with Crippen LogP contribution in [-0.2, 0) is 32.3 Å². The van der Waals surface area contributed by atoms with E-state index in [1.807, 2.05) is 38.1 Å². The van der Waals surface area contributed by atoms with Crippen LogP contribution in [0.2, 0.25) is 0 Å². The average molecular weight is 420 g/mol. The molecule has 0 amide bonds. The number of phosphoric acid groups is 1. The van der Waals surface area contributed by atoms with Gasteiger partial charge in [-0.2, -0.15) is 0 Å². The first-order valence-corrected chi connectivity index (χ1v) is 10.9. The Kier molecular flexibility index (Phi) is 11.9. The molecule has 1 saturated heterocycles. The zero-order valence-corrected chi connectivity index (χ0v) is 18.5. The summed E-state index contributed by atoms with van der Waals surface area (Å²) < 4.78 is 49.3. The van der Waals surface area contributed by atoms with Gasteiger partial charge in [-0.15, -0.1) is 0 Å². The lowest BCUT2D eigenvalue weighted by molar-refractivity contribution is -0.0751. The monoisotopic (exact) mass is 420 g/mol. The zero-order valence-electron chi connectivity index (χ0n) is 17.6. The van der Waals surface area contributed by atoms with Gasteiger partial charge in [0.15, 0.2) is 6.29 Å². The molecule has 0 bridgehead atoms. The number of benzene rings is 1. The summed E-state index contributed by atoms with van der Waals surface area (Å²) in [6.07, 6.45) is -0.859. The molecule has 0 aromatic heterocycles. The molecule has 0 spiro atoms. The Bertz CT molecular complexity index is 578. The van der Waals surface area contributed by atoms with Crippen LogP contribution in [0.1, 0.15) is 39.5 Å². The summed E-state index contributed by atoms with van der Waals surface area (Å²) >= 11 is 0. The van der Waals surface area contributed by atoms with E-state index in [9.17, 15) is 4.57 Å². The fourth-order valence-corrected chi connectivity index (χ4v) is 3.35. The van der Waals surface area contributed by atoms with Crippen LogP contribution >= 0.6 is 7.82 Å². The SMILES string of the molecule is CC.COc1ccc(C2OCC(COCCOP(=O)(OC)OC(C)C)O2)cc1. The Balaban J connectivity index is 0.00000190. The molecule has 1 aliphatic heterocycles. The van der Waals surface area contributed by atoms with Gasteiger partial charge in [0.1, 0.15) is 11.9 Å². The smallest absolute Gasteiger partial charge is 0.474 e. The summed E-state index contributed by atoms with van der Waals surface area (Å²) in [7, 11) is -0.620. The lowest BCUT2D eigenvalue weighted by Gasteiger charge is -2.18. The highest BCUT2D eigenvalue weighted by atomic mass is 31.2. The highest BCUT2D eigenvalue weighted by Crippen LogP contribution is 2.49. The van der Waals surface area contributed by atoms with Crippen molar-refractivity contribution in [2.75, 3.05) is 40.6 Å². The van der Waals surface area contributed by atoms with E-state index in [1.165, 1.54) is 7.11 Å². The molecule has 8 nitrogen and oxygen atoms in total. The van der Waals surface area contributed by atoms with E-state index in [0.29, 0.717) is 13.2 Å². The van der Waals surface area contributed by atoms with Gasteiger partial charge < -0.3 is 18.9 Å². The molecule has 0 N–H and O–H groups in total. The third kappa shape index (κ3) is 8.57.